The van der Waals surface area contributed by atoms with Crippen molar-refractivity contribution in [2.24, 2.45) is 0 Å². The third-order valence-electron chi connectivity index (χ3n) is 5.29. The second-order valence-corrected chi connectivity index (χ2v) is 8.28. The Kier molecular flexibility index (Phi) is 5.30. The molecule has 3 heterocycles. The van der Waals surface area contributed by atoms with Gasteiger partial charge < -0.3 is 4.42 Å². The van der Waals surface area contributed by atoms with Crippen LogP contribution in [0, 0.1) is 0 Å². The van der Waals surface area contributed by atoms with Crippen molar-refractivity contribution in [2.75, 3.05) is 6.54 Å². The Labute approximate surface area is 185 Å². The molecule has 4 nitrogen and oxygen atoms in total. The molecule has 150 valence electrons. The van der Waals surface area contributed by atoms with Crippen LogP contribution in [0.3, 0.4) is 0 Å². The summed E-state index contributed by atoms with van der Waals surface area (Å²) in [6, 6.07) is 19.4. The van der Waals surface area contributed by atoms with Gasteiger partial charge in [-0.05, 0) is 60.7 Å². The van der Waals surface area contributed by atoms with E-state index in [4.69, 9.17) is 32.6 Å². The number of halogens is 2. The Balaban J connectivity index is 1.28. The maximum absolute atomic E-state index is 6.06. The van der Waals surface area contributed by atoms with Crippen LogP contribution < -0.4 is 0 Å². The number of benzene rings is 2. The highest BCUT2D eigenvalue weighted by atomic mass is 35.5. The molecule has 0 amide bonds. The Hall–Kier alpha value is -2.66. The summed E-state index contributed by atoms with van der Waals surface area (Å²) in [6.07, 6.45) is 2.84. The lowest BCUT2D eigenvalue weighted by atomic mass is 10.1. The fourth-order valence-electron chi connectivity index (χ4n) is 3.70. The first-order valence-corrected chi connectivity index (χ1v) is 10.6. The second kappa shape index (κ2) is 8.23. The Bertz CT molecular complexity index is 1170. The first kappa shape index (κ1) is 19.3. The predicted octanol–water partition coefficient (Wildman–Crippen LogP) is 6.27. The zero-order valence-electron chi connectivity index (χ0n) is 16.2. The van der Waals surface area contributed by atoms with Crippen molar-refractivity contribution in [3.63, 3.8) is 0 Å². The van der Waals surface area contributed by atoms with Crippen molar-refractivity contribution in [1.29, 1.82) is 0 Å². The SMILES string of the molecule is Clc1ccc(-c2ncc3c(n2)CCN(Cc2ccc(-c4ccc(Cl)cc4)o2)C3)cc1. The van der Waals surface area contributed by atoms with Crippen LogP contribution in [0.2, 0.25) is 10.0 Å². The van der Waals surface area contributed by atoms with E-state index >= 15 is 0 Å². The molecule has 30 heavy (non-hydrogen) atoms. The number of fused-ring (bicyclic) bond motifs is 1. The molecule has 6 heteroatoms. The summed E-state index contributed by atoms with van der Waals surface area (Å²) in [5, 5.41) is 1.43. The van der Waals surface area contributed by atoms with Crippen LogP contribution in [0.4, 0.5) is 0 Å². The molecule has 4 aromatic rings. The molecule has 0 unspecified atom stereocenters. The molecular weight excluding hydrogens is 417 g/mol. The topological polar surface area (TPSA) is 42.2 Å². The van der Waals surface area contributed by atoms with Gasteiger partial charge in [0, 0.05) is 52.4 Å². The van der Waals surface area contributed by atoms with Gasteiger partial charge in [-0.2, -0.15) is 0 Å². The highest BCUT2D eigenvalue weighted by Gasteiger charge is 2.20. The summed E-state index contributed by atoms with van der Waals surface area (Å²) in [4.78, 5) is 11.7. The lowest BCUT2D eigenvalue weighted by Gasteiger charge is -2.27. The van der Waals surface area contributed by atoms with Gasteiger partial charge in [0.15, 0.2) is 5.82 Å². The predicted molar refractivity (Wildman–Crippen MR) is 119 cm³/mol. The Morgan fingerprint density at radius 2 is 1.57 bits per heavy atom. The molecule has 0 N–H and O–H groups in total. The molecular formula is C24H19Cl2N3O. The van der Waals surface area contributed by atoms with Gasteiger partial charge in [0.1, 0.15) is 11.5 Å². The van der Waals surface area contributed by atoms with Gasteiger partial charge in [0.2, 0.25) is 0 Å². The molecule has 0 atom stereocenters. The lowest BCUT2D eigenvalue weighted by molar-refractivity contribution is 0.224. The van der Waals surface area contributed by atoms with Crippen LogP contribution in [0.1, 0.15) is 17.0 Å². The number of rotatable bonds is 4. The van der Waals surface area contributed by atoms with E-state index < -0.39 is 0 Å². The highest BCUT2D eigenvalue weighted by Crippen LogP contribution is 2.26. The molecule has 2 aromatic carbocycles. The van der Waals surface area contributed by atoms with E-state index in [1.165, 1.54) is 5.56 Å². The average molecular weight is 436 g/mol. The first-order chi connectivity index (χ1) is 14.6. The molecule has 5 rings (SSSR count). The Morgan fingerprint density at radius 3 is 2.30 bits per heavy atom. The van der Waals surface area contributed by atoms with E-state index in [9.17, 15) is 0 Å². The zero-order chi connectivity index (χ0) is 20.5. The molecule has 2 aromatic heterocycles. The minimum atomic E-state index is 0.712. The van der Waals surface area contributed by atoms with Crippen molar-refractivity contribution < 1.29 is 4.42 Å². The molecule has 1 aliphatic heterocycles. The van der Waals surface area contributed by atoms with E-state index in [1.54, 1.807) is 0 Å². The molecule has 0 aliphatic carbocycles. The van der Waals surface area contributed by atoms with Crippen molar-refractivity contribution in [2.45, 2.75) is 19.5 Å². The smallest absolute Gasteiger partial charge is 0.159 e. The fourth-order valence-corrected chi connectivity index (χ4v) is 3.95. The zero-order valence-corrected chi connectivity index (χ0v) is 17.7. The van der Waals surface area contributed by atoms with Gasteiger partial charge in [-0.1, -0.05) is 23.2 Å². The Morgan fingerprint density at radius 1 is 0.867 bits per heavy atom. The lowest BCUT2D eigenvalue weighted by Crippen LogP contribution is -2.30. The van der Waals surface area contributed by atoms with Crippen LogP contribution >= 0.6 is 23.2 Å². The van der Waals surface area contributed by atoms with Crippen LogP contribution in [0.25, 0.3) is 22.7 Å². The van der Waals surface area contributed by atoms with Crippen LogP contribution in [-0.4, -0.2) is 21.4 Å². The summed E-state index contributed by atoms with van der Waals surface area (Å²) >= 11 is 12.0. The number of hydrogen-bond acceptors (Lipinski definition) is 4. The number of nitrogens with zero attached hydrogens (tertiary/aromatic N) is 3. The highest BCUT2D eigenvalue weighted by molar-refractivity contribution is 6.30. The van der Waals surface area contributed by atoms with Crippen molar-refractivity contribution in [1.82, 2.24) is 14.9 Å². The molecule has 0 fully saturated rings. The maximum atomic E-state index is 6.06. The van der Waals surface area contributed by atoms with Gasteiger partial charge >= 0.3 is 0 Å². The number of aromatic nitrogens is 2. The van der Waals surface area contributed by atoms with Gasteiger partial charge in [0.25, 0.3) is 0 Å². The minimum absolute atomic E-state index is 0.712. The van der Waals surface area contributed by atoms with E-state index in [2.05, 4.69) is 9.88 Å². The van der Waals surface area contributed by atoms with Crippen LogP contribution in [0.5, 0.6) is 0 Å². The third-order valence-corrected chi connectivity index (χ3v) is 5.79. The van der Waals surface area contributed by atoms with Gasteiger partial charge in [0.05, 0.1) is 12.2 Å². The van der Waals surface area contributed by atoms with Crippen molar-refractivity contribution >= 4 is 23.2 Å². The van der Waals surface area contributed by atoms with Crippen LogP contribution in [-0.2, 0) is 19.5 Å². The van der Waals surface area contributed by atoms with E-state index in [1.807, 2.05) is 66.9 Å². The molecule has 0 radical (unpaired) electrons. The normalized spacial score (nSPS) is 13.9. The number of hydrogen-bond donors (Lipinski definition) is 0. The van der Waals surface area contributed by atoms with E-state index in [-0.39, 0.29) is 0 Å². The average Bonchev–Trinajstić information content (AvgIpc) is 3.23. The molecule has 0 saturated heterocycles. The summed E-state index contributed by atoms with van der Waals surface area (Å²) in [7, 11) is 0. The first-order valence-electron chi connectivity index (χ1n) is 9.82. The van der Waals surface area contributed by atoms with Crippen molar-refractivity contribution in [3.05, 3.63) is 93.9 Å². The summed E-state index contributed by atoms with van der Waals surface area (Å²) in [6.45, 7) is 2.50. The fraction of sp³-hybridized carbons (Fsp3) is 0.167. The monoisotopic (exact) mass is 435 g/mol. The third kappa shape index (κ3) is 4.12. The van der Waals surface area contributed by atoms with E-state index in [0.29, 0.717) is 5.02 Å². The molecule has 0 saturated carbocycles. The van der Waals surface area contributed by atoms with E-state index in [0.717, 1.165) is 65.2 Å². The van der Waals surface area contributed by atoms with Crippen molar-refractivity contribution in [3.8, 4) is 22.7 Å². The number of furan rings is 1. The second-order valence-electron chi connectivity index (χ2n) is 7.41. The molecule has 1 aliphatic rings. The molecule has 0 bridgehead atoms. The maximum Gasteiger partial charge on any atom is 0.159 e. The van der Waals surface area contributed by atoms with Gasteiger partial charge in [-0.15, -0.1) is 0 Å². The quantitative estimate of drug-likeness (QED) is 0.378. The largest absolute Gasteiger partial charge is 0.460 e. The van der Waals surface area contributed by atoms with Gasteiger partial charge in [-0.3, -0.25) is 4.90 Å². The summed E-state index contributed by atoms with van der Waals surface area (Å²) in [5.74, 6) is 2.55. The van der Waals surface area contributed by atoms with Crippen LogP contribution in [0.15, 0.2) is 71.3 Å². The minimum Gasteiger partial charge on any atom is -0.460 e. The summed E-state index contributed by atoms with van der Waals surface area (Å²) < 4.78 is 6.06. The van der Waals surface area contributed by atoms with Gasteiger partial charge in [-0.25, -0.2) is 9.97 Å². The standard InChI is InChI=1S/C24H19Cl2N3O/c25-19-5-1-16(2-6-19)23-10-9-21(30-23)15-29-12-11-22-18(14-29)13-27-24(28-22)17-3-7-20(26)8-4-17/h1-10,13H,11-12,14-15H2. The summed E-state index contributed by atoms with van der Waals surface area (Å²) in [5.41, 5.74) is 4.30. The molecule has 0 spiro atoms.